The molecule has 0 bridgehead atoms. The fourth-order valence-corrected chi connectivity index (χ4v) is 0.831. The molecule has 0 fully saturated rings. The minimum atomic E-state index is 0.106. The third-order valence-electron chi connectivity index (χ3n) is 1.40. The van der Waals surface area contributed by atoms with E-state index in [0.29, 0.717) is 13.1 Å². The molecule has 0 amide bonds. The van der Waals surface area contributed by atoms with Gasteiger partial charge in [0.05, 0.1) is 0 Å². The lowest BCUT2D eigenvalue weighted by molar-refractivity contribution is 0.612. The highest BCUT2D eigenvalue weighted by atomic mass is 15.0. The topological polar surface area (TPSA) is 90.4 Å². The summed E-state index contributed by atoms with van der Waals surface area (Å²) in [5.41, 5.74) is 18.4. The van der Waals surface area contributed by atoms with Crippen LogP contribution in [0.5, 0.6) is 0 Å². The Kier molecular flexibility index (Phi) is 5.79. The van der Waals surface area contributed by atoms with Gasteiger partial charge >= 0.3 is 0 Å². The van der Waals surface area contributed by atoms with Crippen LogP contribution >= 0.6 is 0 Å². The summed E-state index contributed by atoms with van der Waals surface area (Å²) in [6.07, 6.45) is 2.68. The van der Waals surface area contributed by atoms with Crippen LogP contribution in [0.4, 0.5) is 0 Å². The third kappa shape index (κ3) is 5.53. The molecule has 6 N–H and O–H groups in total. The molecule has 0 heterocycles. The molecule has 1 unspecified atom stereocenters. The normalized spacial score (nSPS) is 11.4. The smallest absolute Gasteiger partial charge is 0.185 e. The fourth-order valence-electron chi connectivity index (χ4n) is 0.831. The van der Waals surface area contributed by atoms with Crippen molar-refractivity contribution >= 4 is 5.96 Å². The number of hydrogen-bond donors (Lipinski definition) is 3. The van der Waals surface area contributed by atoms with E-state index in [9.17, 15) is 0 Å². The molecular weight excluding hydrogens is 152 g/mol. The second-order valence-electron chi connectivity index (χ2n) is 2.47. The molecule has 12 heavy (non-hydrogen) atoms. The maximum Gasteiger partial charge on any atom is 0.185 e. The largest absolute Gasteiger partial charge is 0.370 e. The maximum absolute atomic E-state index is 5.39. The highest BCUT2D eigenvalue weighted by molar-refractivity contribution is 5.75. The summed E-state index contributed by atoms with van der Waals surface area (Å²) in [4.78, 5) is 3.88. The van der Waals surface area contributed by atoms with Crippen LogP contribution in [0, 0.1) is 5.92 Å². The Hall–Kier alpha value is -1.25. The predicted octanol–water partition coefficient (Wildman–Crippen LogP) is -0.434. The summed E-state index contributed by atoms with van der Waals surface area (Å²) >= 11 is 0. The zero-order chi connectivity index (χ0) is 9.40. The van der Waals surface area contributed by atoms with E-state index in [1.807, 2.05) is 6.08 Å². The summed E-state index contributed by atoms with van der Waals surface area (Å²) in [5.74, 6) is 0.351. The molecule has 4 heteroatoms. The van der Waals surface area contributed by atoms with Crippen molar-refractivity contribution < 1.29 is 0 Å². The molecule has 0 aliphatic carbocycles. The van der Waals surface area contributed by atoms with Crippen LogP contribution in [0.2, 0.25) is 0 Å². The average Bonchev–Trinajstić information content (AvgIpc) is 2.01. The van der Waals surface area contributed by atoms with Gasteiger partial charge in [-0.1, -0.05) is 6.58 Å². The standard InChI is InChI=1S/C8H16N4/c1-2-3-7(4-5-9)6-12-8(10)11/h3,7H,1,4-6,9H2,(H4,10,11,12). The van der Waals surface area contributed by atoms with E-state index in [0.717, 1.165) is 6.42 Å². The van der Waals surface area contributed by atoms with Crippen LogP contribution in [-0.2, 0) is 0 Å². The van der Waals surface area contributed by atoms with Gasteiger partial charge in [0.2, 0.25) is 0 Å². The van der Waals surface area contributed by atoms with E-state index in [1.165, 1.54) is 0 Å². The van der Waals surface area contributed by atoms with Crippen LogP contribution in [0.15, 0.2) is 23.4 Å². The van der Waals surface area contributed by atoms with Gasteiger partial charge in [-0.25, -0.2) is 0 Å². The number of rotatable bonds is 5. The minimum Gasteiger partial charge on any atom is -0.370 e. The molecule has 0 saturated carbocycles. The molecule has 0 aromatic rings. The first-order valence-electron chi connectivity index (χ1n) is 3.82. The van der Waals surface area contributed by atoms with Gasteiger partial charge in [-0.3, -0.25) is 4.99 Å². The highest BCUT2D eigenvalue weighted by Crippen LogP contribution is 2.03. The van der Waals surface area contributed by atoms with Gasteiger partial charge in [0.1, 0.15) is 0 Å². The molecule has 1 atom stereocenters. The van der Waals surface area contributed by atoms with E-state index in [2.05, 4.69) is 17.3 Å². The van der Waals surface area contributed by atoms with Crippen molar-refractivity contribution in [3.8, 4) is 0 Å². The fraction of sp³-hybridized carbons (Fsp3) is 0.500. The lowest BCUT2D eigenvalue weighted by Crippen LogP contribution is -2.24. The van der Waals surface area contributed by atoms with Crippen molar-refractivity contribution in [3.63, 3.8) is 0 Å². The number of aliphatic imine (C=N–C) groups is 1. The molecule has 0 saturated heterocycles. The average molecular weight is 168 g/mol. The Morgan fingerprint density at radius 1 is 1.58 bits per heavy atom. The van der Waals surface area contributed by atoms with Gasteiger partial charge < -0.3 is 17.2 Å². The first-order valence-corrected chi connectivity index (χ1v) is 3.82. The monoisotopic (exact) mass is 168 g/mol. The summed E-state index contributed by atoms with van der Waals surface area (Å²) in [6.45, 7) is 4.65. The Balaban J connectivity index is 3.95. The van der Waals surface area contributed by atoms with E-state index in [4.69, 9.17) is 17.2 Å². The highest BCUT2D eigenvalue weighted by Gasteiger charge is 2.01. The molecule has 0 aromatic heterocycles. The van der Waals surface area contributed by atoms with E-state index in [-0.39, 0.29) is 11.9 Å². The Morgan fingerprint density at radius 3 is 2.67 bits per heavy atom. The van der Waals surface area contributed by atoms with Crippen LogP contribution in [0.25, 0.3) is 0 Å². The summed E-state index contributed by atoms with van der Waals surface area (Å²) in [7, 11) is 0. The van der Waals surface area contributed by atoms with Gasteiger partial charge in [-0.05, 0) is 19.0 Å². The maximum atomic E-state index is 5.39. The zero-order valence-corrected chi connectivity index (χ0v) is 7.16. The van der Waals surface area contributed by atoms with Gasteiger partial charge in [0, 0.05) is 12.5 Å². The van der Waals surface area contributed by atoms with E-state index in [1.54, 1.807) is 0 Å². The molecule has 68 valence electrons. The Labute approximate surface area is 72.8 Å². The quantitative estimate of drug-likeness (QED) is 0.295. The van der Waals surface area contributed by atoms with Crippen LogP contribution in [0.3, 0.4) is 0 Å². The predicted molar refractivity (Wildman–Crippen MR) is 51.5 cm³/mol. The second-order valence-corrected chi connectivity index (χ2v) is 2.47. The number of guanidine groups is 1. The molecule has 0 radical (unpaired) electrons. The van der Waals surface area contributed by atoms with Crippen molar-refractivity contribution in [2.75, 3.05) is 13.1 Å². The lowest BCUT2D eigenvalue weighted by atomic mass is 10.1. The lowest BCUT2D eigenvalue weighted by Gasteiger charge is -2.06. The summed E-state index contributed by atoms with van der Waals surface area (Å²) in [5, 5.41) is 0. The molecular formula is C8H16N4. The van der Waals surface area contributed by atoms with Crippen molar-refractivity contribution in [3.05, 3.63) is 18.4 Å². The molecule has 0 aromatic carbocycles. The third-order valence-corrected chi connectivity index (χ3v) is 1.40. The van der Waals surface area contributed by atoms with E-state index < -0.39 is 0 Å². The molecule has 0 spiro atoms. The SMILES string of the molecule is C=C=CC(CCN)CN=C(N)N. The van der Waals surface area contributed by atoms with Crippen LogP contribution in [0.1, 0.15) is 6.42 Å². The number of nitrogens with zero attached hydrogens (tertiary/aromatic N) is 1. The minimum absolute atomic E-state index is 0.106. The number of nitrogens with two attached hydrogens (primary N) is 3. The zero-order valence-electron chi connectivity index (χ0n) is 7.16. The van der Waals surface area contributed by atoms with E-state index >= 15 is 0 Å². The Morgan fingerprint density at radius 2 is 2.25 bits per heavy atom. The molecule has 0 aliphatic heterocycles. The van der Waals surface area contributed by atoms with Crippen molar-refractivity contribution in [1.29, 1.82) is 0 Å². The molecule has 4 nitrogen and oxygen atoms in total. The first-order chi connectivity index (χ1) is 5.70. The summed E-state index contributed by atoms with van der Waals surface area (Å²) < 4.78 is 0. The molecule has 0 aliphatic rings. The van der Waals surface area contributed by atoms with Crippen molar-refractivity contribution in [1.82, 2.24) is 0 Å². The van der Waals surface area contributed by atoms with Crippen molar-refractivity contribution in [2.45, 2.75) is 6.42 Å². The van der Waals surface area contributed by atoms with Gasteiger partial charge in [-0.2, -0.15) is 0 Å². The van der Waals surface area contributed by atoms with Crippen molar-refractivity contribution in [2.24, 2.45) is 28.1 Å². The molecule has 0 rings (SSSR count). The van der Waals surface area contributed by atoms with Gasteiger partial charge in [0.15, 0.2) is 5.96 Å². The second kappa shape index (κ2) is 6.46. The summed E-state index contributed by atoms with van der Waals surface area (Å²) in [6, 6.07) is 0. The number of hydrogen-bond acceptors (Lipinski definition) is 2. The van der Waals surface area contributed by atoms with Crippen LogP contribution in [-0.4, -0.2) is 19.0 Å². The van der Waals surface area contributed by atoms with Gasteiger partial charge in [0.25, 0.3) is 0 Å². The first kappa shape index (κ1) is 10.8. The van der Waals surface area contributed by atoms with Crippen LogP contribution < -0.4 is 17.2 Å². The van der Waals surface area contributed by atoms with Gasteiger partial charge in [-0.15, -0.1) is 5.73 Å². The Bertz CT molecular complexity index is 187.